The van der Waals surface area contributed by atoms with Gasteiger partial charge in [0, 0.05) is 20.6 Å². The Bertz CT molecular complexity index is 1150. The van der Waals surface area contributed by atoms with E-state index >= 15 is 0 Å². The summed E-state index contributed by atoms with van der Waals surface area (Å²) in [4.78, 5) is 27.3. The summed E-state index contributed by atoms with van der Waals surface area (Å²) in [7, 11) is 0. The van der Waals surface area contributed by atoms with Crippen LogP contribution in [0.2, 0.25) is 0 Å². The van der Waals surface area contributed by atoms with Crippen LogP contribution in [0.4, 0.5) is 0 Å². The zero-order valence-electron chi connectivity index (χ0n) is 12.1. The number of hydrogen-bond acceptors (Lipinski definition) is 6. The lowest BCUT2D eigenvalue weighted by Crippen LogP contribution is -2.11. The first-order chi connectivity index (χ1) is 11.7. The number of para-hydroxylation sites is 2. The molecule has 24 heavy (non-hydrogen) atoms. The van der Waals surface area contributed by atoms with E-state index in [-0.39, 0.29) is 11.3 Å². The topological polar surface area (TPSA) is 60.4 Å². The van der Waals surface area contributed by atoms with Gasteiger partial charge >= 0.3 is 11.3 Å². The van der Waals surface area contributed by atoms with Crippen LogP contribution in [0, 0.1) is 0 Å². The van der Waals surface area contributed by atoms with Crippen molar-refractivity contribution in [1.82, 2.24) is 0 Å². The minimum Gasteiger partial charge on any atom is -0.422 e. The monoisotopic (exact) mass is 352 g/mol. The van der Waals surface area contributed by atoms with Gasteiger partial charge in [-0.25, -0.2) is 9.59 Å². The fourth-order valence-electron chi connectivity index (χ4n) is 2.79. The molecule has 116 valence electrons. The van der Waals surface area contributed by atoms with Crippen LogP contribution in [0.25, 0.3) is 21.9 Å². The highest BCUT2D eigenvalue weighted by molar-refractivity contribution is 8.05. The van der Waals surface area contributed by atoms with Crippen LogP contribution in [0.1, 0.15) is 0 Å². The molecule has 0 radical (unpaired) electrons. The molecule has 0 fully saturated rings. The van der Waals surface area contributed by atoms with E-state index < -0.39 is 0 Å². The third kappa shape index (κ3) is 1.90. The quantitative estimate of drug-likeness (QED) is 0.382. The van der Waals surface area contributed by atoms with E-state index in [2.05, 4.69) is 0 Å². The molecule has 1 aliphatic rings. The molecule has 0 saturated carbocycles. The SMILES string of the molecule is O=c1oc2ccccc2c2c1Sc1c(c(=O)oc3ccccc13)S2. The molecule has 0 spiro atoms. The van der Waals surface area contributed by atoms with Crippen molar-refractivity contribution in [2.75, 3.05) is 0 Å². The van der Waals surface area contributed by atoms with Crippen LogP contribution < -0.4 is 11.3 Å². The average molecular weight is 352 g/mol. The normalized spacial score (nSPS) is 13.0. The average Bonchev–Trinajstić information content (AvgIpc) is 2.61. The van der Waals surface area contributed by atoms with E-state index in [1.807, 2.05) is 36.4 Å². The minimum absolute atomic E-state index is 0.385. The summed E-state index contributed by atoms with van der Waals surface area (Å²) in [6.45, 7) is 0. The summed E-state index contributed by atoms with van der Waals surface area (Å²) in [6.07, 6.45) is 0. The van der Waals surface area contributed by atoms with Crippen molar-refractivity contribution in [2.24, 2.45) is 0 Å². The largest absolute Gasteiger partial charge is 0.422 e. The molecule has 6 heteroatoms. The molecule has 1 aliphatic heterocycles. The van der Waals surface area contributed by atoms with Crippen molar-refractivity contribution in [1.29, 1.82) is 0 Å². The standard InChI is InChI=1S/C18H8O4S2/c19-17-15-13(9-5-1-3-7-11(9)21-17)23-16-14(24-15)10-6-2-4-8-12(10)22-18(16)20/h1-8H. The van der Waals surface area contributed by atoms with Crippen molar-refractivity contribution < 1.29 is 8.83 Å². The Morgan fingerprint density at radius 2 is 1.00 bits per heavy atom. The number of hydrogen-bond donors (Lipinski definition) is 0. The molecule has 0 unspecified atom stereocenters. The molecule has 0 saturated heterocycles. The van der Waals surface area contributed by atoms with Crippen LogP contribution in [-0.4, -0.2) is 0 Å². The predicted octanol–water partition coefficient (Wildman–Crippen LogP) is 4.52. The van der Waals surface area contributed by atoms with Crippen LogP contribution in [0.15, 0.2) is 86.5 Å². The number of fused-ring (bicyclic) bond motifs is 6. The molecule has 5 rings (SSSR count). The Labute approximate surface area is 143 Å². The maximum Gasteiger partial charge on any atom is 0.351 e. The molecular formula is C18H8O4S2. The van der Waals surface area contributed by atoms with Gasteiger partial charge in [-0.2, -0.15) is 0 Å². The number of benzene rings is 2. The predicted molar refractivity (Wildman–Crippen MR) is 93.2 cm³/mol. The molecule has 0 N–H and O–H groups in total. The van der Waals surface area contributed by atoms with Crippen molar-refractivity contribution in [3.8, 4) is 0 Å². The van der Waals surface area contributed by atoms with Crippen LogP contribution >= 0.6 is 23.5 Å². The minimum atomic E-state index is -0.385. The molecule has 0 atom stereocenters. The van der Waals surface area contributed by atoms with E-state index in [1.54, 1.807) is 12.1 Å². The van der Waals surface area contributed by atoms with Crippen molar-refractivity contribution in [3.63, 3.8) is 0 Å². The van der Waals surface area contributed by atoms with Crippen molar-refractivity contribution in [2.45, 2.75) is 19.6 Å². The first kappa shape index (κ1) is 13.9. The molecule has 0 amide bonds. The van der Waals surface area contributed by atoms with Gasteiger partial charge in [0.2, 0.25) is 0 Å². The van der Waals surface area contributed by atoms with E-state index in [0.29, 0.717) is 21.0 Å². The van der Waals surface area contributed by atoms with E-state index in [1.165, 1.54) is 23.5 Å². The summed E-state index contributed by atoms with van der Waals surface area (Å²) in [5, 5.41) is 1.64. The maximum atomic E-state index is 12.4. The van der Waals surface area contributed by atoms with Crippen molar-refractivity contribution in [3.05, 3.63) is 69.4 Å². The Morgan fingerprint density at radius 3 is 1.46 bits per heavy atom. The van der Waals surface area contributed by atoms with Gasteiger partial charge in [0.15, 0.2) is 0 Å². The van der Waals surface area contributed by atoms with Crippen LogP contribution in [0.5, 0.6) is 0 Å². The second kappa shape index (κ2) is 5.03. The Balaban J connectivity index is 1.88. The maximum absolute atomic E-state index is 12.4. The summed E-state index contributed by atoms with van der Waals surface area (Å²) in [5.74, 6) is 0. The van der Waals surface area contributed by atoms with Gasteiger partial charge in [0.25, 0.3) is 0 Å². The lowest BCUT2D eigenvalue weighted by Gasteiger charge is -2.18. The van der Waals surface area contributed by atoms with Gasteiger partial charge in [0.1, 0.15) is 21.0 Å². The van der Waals surface area contributed by atoms with E-state index in [9.17, 15) is 9.59 Å². The lowest BCUT2D eigenvalue weighted by molar-refractivity contribution is 0.530. The van der Waals surface area contributed by atoms with Gasteiger partial charge in [-0.05, 0) is 12.1 Å². The first-order valence-corrected chi connectivity index (χ1v) is 8.83. The molecule has 0 aliphatic carbocycles. The Kier molecular flexibility index (Phi) is 2.92. The van der Waals surface area contributed by atoms with E-state index in [4.69, 9.17) is 8.83 Å². The highest BCUT2D eigenvalue weighted by atomic mass is 32.2. The van der Waals surface area contributed by atoms with Gasteiger partial charge < -0.3 is 8.83 Å². The fraction of sp³-hybridized carbons (Fsp3) is 0. The van der Waals surface area contributed by atoms with E-state index in [0.717, 1.165) is 20.6 Å². The highest BCUT2D eigenvalue weighted by Gasteiger charge is 2.28. The Hall–Kier alpha value is -2.44. The highest BCUT2D eigenvalue weighted by Crippen LogP contribution is 2.50. The molecule has 2 aromatic carbocycles. The summed E-state index contributed by atoms with van der Waals surface area (Å²) < 4.78 is 10.9. The van der Waals surface area contributed by atoms with Crippen LogP contribution in [0.3, 0.4) is 0 Å². The van der Waals surface area contributed by atoms with Gasteiger partial charge in [-0.15, -0.1) is 0 Å². The second-order valence-corrected chi connectivity index (χ2v) is 7.33. The molecule has 4 nitrogen and oxygen atoms in total. The van der Waals surface area contributed by atoms with Gasteiger partial charge in [-0.3, -0.25) is 0 Å². The van der Waals surface area contributed by atoms with Crippen LogP contribution in [-0.2, 0) is 0 Å². The summed E-state index contributed by atoms with van der Waals surface area (Å²) in [5.41, 5.74) is 0.263. The molecular weight excluding hydrogens is 344 g/mol. The van der Waals surface area contributed by atoms with Crippen molar-refractivity contribution >= 4 is 45.5 Å². The molecule has 2 aromatic heterocycles. The van der Waals surface area contributed by atoms with Gasteiger partial charge in [-0.1, -0.05) is 59.9 Å². The molecule has 3 heterocycles. The smallest absolute Gasteiger partial charge is 0.351 e. The second-order valence-electron chi connectivity index (χ2n) is 5.29. The fourth-order valence-corrected chi connectivity index (χ4v) is 5.26. The lowest BCUT2D eigenvalue weighted by atomic mass is 10.2. The Morgan fingerprint density at radius 1 is 0.583 bits per heavy atom. The number of rotatable bonds is 0. The first-order valence-electron chi connectivity index (χ1n) is 7.20. The zero-order valence-corrected chi connectivity index (χ0v) is 13.7. The zero-order chi connectivity index (χ0) is 16.3. The third-order valence-electron chi connectivity index (χ3n) is 3.86. The summed E-state index contributed by atoms with van der Waals surface area (Å²) >= 11 is 2.56. The van der Waals surface area contributed by atoms with Gasteiger partial charge in [0.05, 0.1) is 0 Å². The molecule has 4 aromatic rings. The molecule has 0 bridgehead atoms. The summed E-state index contributed by atoms with van der Waals surface area (Å²) in [6, 6.07) is 14.7. The third-order valence-corrected chi connectivity index (χ3v) is 6.52.